The molecule has 1 aromatic rings. The first-order valence-corrected chi connectivity index (χ1v) is 7.58. The van der Waals surface area contributed by atoms with Crippen LogP contribution in [0.4, 0.5) is 11.6 Å². The second-order valence-corrected chi connectivity index (χ2v) is 5.84. The Balaban J connectivity index is 1.59. The summed E-state index contributed by atoms with van der Waals surface area (Å²) in [6.45, 7) is 5.49. The van der Waals surface area contributed by atoms with E-state index in [1.165, 1.54) is 19.3 Å². The number of piperidine rings is 1. The maximum Gasteiger partial charge on any atom is 0.134 e. The molecule has 110 valence electrons. The fraction of sp³-hybridized carbons (Fsp3) is 0.714. The summed E-state index contributed by atoms with van der Waals surface area (Å²) in [4.78, 5) is 10.6. The average molecular weight is 276 g/mol. The van der Waals surface area contributed by atoms with Crippen molar-refractivity contribution >= 4 is 11.6 Å². The topological polar surface area (TPSA) is 79.1 Å². The Labute approximate surface area is 120 Å². The second kappa shape index (κ2) is 5.93. The zero-order valence-electron chi connectivity index (χ0n) is 12.0. The van der Waals surface area contributed by atoms with Gasteiger partial charge in [-0.05, 0) is 24.7 Å². The highest BCUT2D eigenvalue weighted by molar-refractivity contribution is 5.46. The average Bonchev–Trinajstić information content (AvgIpc) is 2.96. The Morgan fingerprint density at radius 3 is 2.85 bits per heavy atom. The van der Waals surface area contributed by atoms with E-state index in [9.17, 15) is 0 Å². The van der Waals surface area contributed by atoms with Crippen LogP contribution in [0.3, 0.4) is 0 Å². The summed E-state index contributed by atoms with van der Waals surface area (Å²) < 4.78 is 0. The summed E-state index contributed by atoms with van der Waals surface area (Å²) >= 11 is 0. The van der Waals surface area contributed by atoms with Gasteiger partial charge in [-0.2, -0.15) is 0 Å². The van der Waals surface area contributed by atoms with E-state index >= 15 is 0 Å². The van der Waals surface area contributed by atoms with Crippen molar-refractivity contribution in [1.29, 1.82) is 0 Å². The molecule has 3 rings (SSSR count). The Hall–Kier alpha value is -1.40. The van der Waals surface area contributed by atoms with Gasteiger partial charge in [0.1, 0.15) is 18.0 Å². The van der Waals surface area contributed by atoms with E-state index in [4.69, 9.17) is 5.73 Å². The number of anilines is 2. The summed E-state index contributed by atoms with van der Waals surface area (Å²) in [5.74, 6) is 3.02. The van der Waals surface area contributed by atoms with Crippen LogP contribution in [0.15, 0.2) is 12.4 Å². The molecule has 2 saturated heterocycles. The van der Waals surface area contributed by atoms with Gasteiger partial charge in [0.25, 0.3) is 0 Å². The molecule has 2 fully saturated rings. The van der Waals surface area contributed by atoms with E-state index in [1.807, 2.05) is 6.07 Å². The largest absolute Gasteiger partial charge is 0.384 e. The maximum atomic E-state index is 5.73. The lowest BCUT2D eigenvalue weighted by Gasteiger charge is -2.36. The van der Waals surface area contributed by atoms with Crippen molar-refractivity contribution in [3.63, 3.8) is 0 Å². The molecule has 0 aromatic carbocycles. The number of nitrogens with one attached hydrogen (secondary N) is 2. The summed E-state index contributed by atoms with van der Waals surface area (Å²) in [7, 11) is 0. The fourth-order valence-electron chi connectivity index (χ4n) is 3.48. The van der Waals surface area contributed by atoms with Gasteiger partial charge in [-0.3, -0.25) is 10.9 Å². The number of hydrazine groups is 1. The normalized spacial score (nSPS) is 27.9. The van der Waals surface area contributed by atoms with Gasteiger partial charge in [-0.25, -0.2) is 9.97 Å². The van der Waals surface area contributed by atoms with Gasteiger partial charge in [-0.1, -0.05) is 13.3 Å². The quantitative estimate of drug-likeness (QED) is 0.757. The lowest BCUT2D eigenvalue weighted by Crippen LogP contribution is -2.44. The van der Waals surface area contributed by atoms with Crippen molar-refractivity contribution in [3.8, 4) is 0 Å². The Bertz CT molecular complexity index is 443. The van der Waals surface area contributed by atoms with Crippen molar-refractivity contribution in [1.82, 2.24) is 20.8 Å². The number of aromatic nitrogens is 2. The fourth-order valence-corrected chi connectivity index (χ4v) is 3.48. The molecule has 2 aliphatic heterocycles. The van der Waals surface area contributed by atoms with Crippen LogP contribution in [0.1, 0.15) is 26.2 Å². The van der Waals surface area contributed by atoms with Gasteiger partial charge >= 0.3 is 0 Å². The van der Waals surface area contributed by atoms with Gasteiger partial charge in [0.2, 0.25) is 0 Å². The molecule has 20 heavy (non-hydrogen) atoms. The third kappa shape index (κ3) is 2.71. The predicted molar refractivity (Wildman–Crippen MR) is 80.1 cm³/mol. The van der Waals surface area contributed by atoms with Crippen LogP contribution < -0.4 is 21.5 Å². The van der Waals surface area contributed by atoms with Crippen molar-refractivity contribution in [2.75, 3.05) is 30.3 Å². The first-order valence-electron chi connectivity index (χ1n) is 7.58. The molecule has 0 saturated carbocycles. The van der Waals surface area contributed by atoms with Crippen LogP contribution >= 0.6 is 0 Å². The SMILES string of the molecule is CCC1CNNC1C1CCN(c2cc(N)ncn2)CC1. The third-order valence-electron chi connectivity index (χ3n) is 4.71. The molecule has 0 radical (unpaired) electrons. The maximum absolute atomic E-state index is 5.73. The molecule has 0 bridgehead atoms. The van der Waals surface area contributed by atoms with Crippen molar-refractivity contribution in [2.45, 2.75) is 32.2 Å². The Morgan fingerprint density at radius 2 is 2.15 bits per heavy atom. The van der Waals surface area contributed by atoms with Crippen LogP contribution in [0.2, 0.25) is 0 Å². The van der Waals surface area contributed by atoms with Gasteiger partial charge in [0.05, 0.1) is 0 Å². The van der Waals surface area contributed by atoms with Crippen molar-refractivity contribution in [3.05, 3.63) is 12.4 Å². The van der Waals surface area contributed by atoms with Gasteiger partial charge in [0, 0.05) is 31.7 Å². The van der Waals surface area contributed by atoms with E-state index < -0.39 is 0 Å². The molecule has 0 spiro atoms. The monoisotopic (exact) mass is 276 g/mol. The minimum Gasteiger partial charge on any atom is -0.384 e. The van der Waals surface area contributed by atoms with E-state index in [0.717, 1.165) is 37.3 Å². The number of rotatable bonds is 3. The molecule has 2 aliphatic rings. The standard InChI is InChI=1S/C14H24N6/c1-2-10-8-18-19-14(10)11-3-5-20(6-4-11)13-7-12(15)16-9-17-13/h7,9-11,14,18-19H,2-6,8H2,1H3,(H2,15,16,17). The Morgan fingerprint density at radius 1 is 1.35 bits per heavy atom. The number of hydrogen-bond donors (Lipinski definition) is 3. The van der Waals surface area contributed by atoms with E-state index in [2.05, 4.69) is 32.6 Å². The number of nitrogens with zero attached hydrogens (tertiary/aromatic N) is 3. The number of nitrogen functional groups attached to an aromatic ring is 1. The van der Waals surface area contributed by atoms with E-state index in [1.54, 1.807) is 6.33 Å². The smallest absolute Gasteiger partial charge is 0.134 e. The van der Waals surface area contributed by atoms with Crippen molar-refractivity contribution in [2.24, 2.45) is 11.8 Å². The first-order chi connectivity index (χ1) is 9.78. The van der Waals surface area contributed by atoms with E-state index in [-0.39, 0.29) is 0 Å². The molecule has 2 atom stereocenters. The zero-order chi connectivity index (χ0) is 13.9. The molecule has 3 heterocycles. The summed E-state index contributed by atoms with van der Waals surface area (Å²) in [5, 5.41) is 0. The highest BCUT2D eigenvalue weighted by Crippen LogP contribution is 2.29. The molecule has 1 aromatic heterocycles. The highest BCUT2D eigenvalue weighted by Gasteiger charge is 2.34. The van der Waals surface area contributed by atoms with Crippen LogP contribution in [0.5, 0.6) is 0 Å². The minimum atomic E-state index is 0.546. The molecular formula is C14H24N6. The second-order valence-electron chi connectivity index (χ2n) is 5.84. The lowest BCUT2D eigenvalue weighted by molar-refractivity contribution is 0.264. The summed E-state index contributed by atoms with van der Waals surface area (Å²) in [6, 6.07) is 2.49. The third-order valence-corrected chi connectivity index (χ3v) is 4.71. The van der Waals surface area contributed by atoms with Crippen molar-refractivity contribution < 1.29 is 0 Å². The molecule has 6 nitrogen and oxygen atoms in total. The lowest BCUT2D eigenvalue weighted by atomic mass is 9.82. The molecule has 0 amide bonds. The van der Waals surface area contributed by atoms with Gasteiger partial charge in [-0.15, -0.1) is 0 Å². The molecular weight excluding hydrogens is 252 g/mol. The molecule has 4 N–H and O–H groups in total. The Kier molecular flexibility index (Phi) is 4.03. The van der Waals surface area contributed by atoms with E-state index in [0.29, 0.717) is 11.9 Å². The number of hydrogen-bond acceptors (Lipinski definition) is 6. The summed E-state index contributed by atoms with van der Waals surface area (Å²) in [6.07, 6.45) is 5.21. The molecule has 2 unspecified atom stereocenters. The van der Waals surface area contributed by atoms with Crippen LogP contribution in [0, 0.1) is 11.8 Å². The first kappa shape index (κ1) is 13.6. The van der Waals surface area contributed by atoms with Crippen LogP contribution in [-0.2, 0) is 0 Å². The van der Waals surface area contributed by atoms with Gasteiger partial charge in [0.15, 0.2) is 0 Å². The molecule has 0 aliphatic carbocycles. The highest BCUT2D eigenvalue weighted by atomic mass is 15.4. The summed E-state index contributed by atoms with van der Waals surface area (Å²) in [5.41, 5.74) is 12.5. The van der Waals surface area contributed by atoms with Crippen LogP contribution in [-0.4, -0.2) is 35.6 Å². The molecule has 6 heteroatoms. The van der Waals surface area contributed by atoms with Gasteiger partial charge < -0.3 is 10.6 Å². The van der Waals surface area contributed by atoms with Crippen LogP contribution in [0.25, 0.3) is 0 Å². The predicted octanol–water partition coefficient (Wildman–Crippen LogP) is 0.778. The minimum absolute atomic E-state index is 0.546. The zero-order valence-corrected chi connectivity index (χ0v) is 12.0. The number of nitrogens with two attached hydrogens (primary N) is 1.